The molecular formula is C38H32F4O4S5. The van der Waals surface area contributed by atoms with E-state index in [2.05, 4.69) is 26.0 Å². The minimum atomic E-state index is -4.00. The molecule has 51 heavy (non-hydrogen) atoms. The van der Waals surface area contributed by atoms with Crippen molar-refractivity contribution in [2.24, 2.45) is 0 Å². The highest BCUT2D eigenvalue weighted by atomic mass is 32.1. The van der Waals surface area contributed by atoms with E-state index < -0.39 is 35.0 Å². The van der Waals surface area contributed by atoms with E-state index in [-0.39, 0.29) is 20.9 Å². The van der Waals surface area contributed by atoms with E-state index in [0.29, 0.717) is 9.75 Å². The molecule has 0 aliphatic heterocycles. The highest BCUT2D eigenvalue weighted by molar-refractivity contribution is 7.30. The van der Waals surface area contributed by atoms with Crippen molar-refractivity contribution < 1.29 is 36.7 Å². The molecule has 5 heterocycles. The maximum Gasteiger partial charge on any atom is 0.372 e. The first-order valence-corrected chi connectivity index (χ1v) is 21.0. The number of carbonyl (C=O) groups is 4. The number of thiophene rings is 5. The Morgan fingerprint density at radius 1 is 0.451 bits per heavy atom. The van der Waals surface area contributed by atoms with Gasteiger partial charge >= 0.3 is 11.8 Å². The van der Waals surface area contributed by atoms with E-state index in [4.69, 9.17) is 0 Å². The molecule has 4 nitrogen and oxygen atoms in total. The van der Waals surface area contributed by atoms with Crippen LogP contribution in [0.3, 0.4) is 0 Å². The zero-order chi connectivity index (χ0) is 36.2. The molecule has 0 unspecified atom stereocenters. The monoisotopic (exact) mass is 788 g/mol. The van der Waals surface area contributed by atoms with Gasteiger partial charge in [0.1, 0.15) is 0 Å². The molecule has 0 amide bonds. The van der Waals surface area contributed by atoms with Crippen LogP contribution in [0.4, 0.5) is 17.6 Å². The Hall–Kier alpha value is -3.10. The molecule has 0 aromatic carbocycles. The van der Waals surface area contributed by atoms with Crippen LogP contribution in [0.25, 0.3) is 39.0 Å². The predicted octanol–water partition coefficient (Wildman–Crippen LogP) is 12.9. The lowest BCUT2D eigenvalue weighted by molar-refractivity contribution is 0.0187. The predicted molar refractivity (Wildman–Crippen MR) is 200 cm³/mol. The summed E-state index contributed by atoms with van der Waals surface area (Å²) in [6, 6.07) is 11.2. The van der Waals surface area contributed by atoms with Crippen LogP contribution < -0.4 is 0 Å². The third-order valence-corrected chi connectivity index (χ3v) is 15.7. The van der Waals surface area contributed by atoms with Crippen LogP contribution in [-0.4, -0.2) is 35.0 Å². The Balaban J connectivity index is 1.22. The second-order valence-corrected chi connectivity index (χ2v) is 18.2. The van der Waals surface area contributed by atoms with Crippen LogP contribution in [0.5, 0.6) is 0 Å². The van der Waals surface area contributed by atoms with Gasteiger partial charge in [0.15, 0.2) is 0 Å². The Morgan fingerprint density at radius 3 is 1.22 bits per heavy atom. The number of aryl methyl sites for hydroxylation is 2. The van der Waals surface area contributed by atoms with Crippen molar-refractivity contribution >= 4 is 79.8 Å². The van der Waals surface area contributed by atoms with Gasteiger partial charge in [0.05, 0.1) is 9.75 Å². The standard InChI is InChI=1S/C38H32F4O4S5/c1-3-5-7-9-11-19-15-25(48-29(19)27-17-21-31(50-27)35(45)37(39,40)33(21)43)23-13-14-24(47-23)26-16-20(12-10-8-6-4-2)30(49-26)28-18-22-32(51-28)36(46)38(41,42)34(22)44/h13-18H,3-12H2,1-2H3. The van der Waals surface area contributed by atoms with Gasteiger partial charge in [0.25, 0.3) is 11.6 Å². The molecule has 13 heteroatoms. The first-order valence-electron chi connectivity index (χ1n) is 17.0. The number of hydrogen-bond donors (Lipinski definition) is 0. The van der Waals surface area contributed by atoms with Gasteiger partial charge in [-0.2, -0.15) is 17.6 Å². The van der Waals surface area contributed by atoms with E-state index in [1.807, 2.05) is 12.1 Å². The van der Waals surface area contributed by atoms with E-state index in [0.717, 1.165) is 127 Å². The summed E-state index contributed by atoms with van der Waals surface area (Å²) in [4.78, 5) is 56.1. The SMILES string of the molecule is CCCCCCc1cc(-c2ccc(-c3cc(CCCCCC)c(-c4cc5c(s4)C(=O)C(F)(F)C5=O)s3)s2)sc1-c1cc2c(s1)C(=O)C(F)(F)C2=O. The third kappa shape index (κ3) is 6.36. The molecule has 0 saturated carbocycles. The highest BCUT2D eigenvalue weighted by Gasteiger charge is 2.57. The number of alkyl halides is 4. The fraction of sp³-hybridized carbons (Fsp3) is 0.368. The smallest absolute Gasteiger partial charge is 0.287 e. The summed E-state index contributed by atoms with van der Waals surface area (Å²) in [6.45, 7) is 4.28. The topological polar surface area (TPSA) is 68.3 Å². The summed E-state index contributed by atoms with van der Waals surface area (Å²) >= 11 is 6.56. The number of rotatable bonds is 14. The normalized spacial score (nSPS) is 16.1. The van der Waals surface area contributed by atoms with Gasteiger partial charge in [-0.25, -0.2) is 0 Å². The fourth-order valence-corrected chi connectivity index (χ4v) is 12.6. The molecule has 0 spiro atoms. The van der Waals surface area contributed by atoms with Crippen molar-refractivity contribution in [1.82, 2.24) is 0 Å². The van der Waals surface area contributed by atoms with Gasteiger partial charge in [0.2, 0.25) is 11.6 Å². The summed E-state index contributed by atoms with van der Waals surface area (Å²) < 4.78 is 56.6. The molecule has 2 aliphatic rings. The molecular weight excluding hydrogens is 757 g/mol. The van der Waals surface area contributed by atoms with Gasteiger partial charge in [0, 0.05) is 50.1 Å². The molecule has 0 saturated heterocycles. The van der Waals surface area contributed by atoms with E-state index in [1.54, 1.807) is 11.3 Å². The van der Waals surface area contributed by atoms with Gasteiger partial charge < -0.3 is 0 Å². The zero-order valence-electron chi connectivity index (χ0n) is 27.7. The molecule has 0 N–H and O–H groups in total. The van der Waals surface area contributed by atoms with Gasteiger partial charge in [-0.15, -0.1) is 56.7 Å². The first kappa shape index (κ1) is 36.3. The van der Waals surface area contributed by atoms with Crippen LogP contribution in [0.1, 0.15) is 116 Å². The molecule has 266 valence electrons. The average Bonchev–Trinajstić information content (AvgIpc) is 3.96. The van der Waals surface area contributed by atoms with Crippen molar-refractivity contribution in [3.8, 4) is 39.0 Å². The average molecular weight is 789 g/mol. The number of halogens is 4. The number of ketones is 4. The van der Waals surface area contributed by atoms with Crippen LogP contribution in [0, 0.1) is 0 Å². The Bertz CT molecular complexity index is 1970. The second-order valence-electron chi connectivity index (χ2n) is 12.9. The van der Waals surface area contributed by atoms with Crippen molar-refractivity contribution in [3.05, 3.63) is 68.4 Å². The second kappa shape index (κ2) is 14.0. The minimum Gasteiger partial charge on any atom is -0.287 e. The summed E-state index contributed by atoms with van der Waals surface area (Å²) in [6.07, 6.45) is 9.93. The number of carbonyl (C=O) groups excluding carboxylic acids is 4. The molecule has 0 atom stereocenters. The summed E-state index contributed by atoms with van der Waals surface area (Å²) in [5.41, 5.74) is 1.71. The summed E-state index contributed by atoms with van der Waals surface area (Å²) in [5, 5.41) is 0. The Labute approximate surface area is 312 Å². The molecule has 2 aliphatic carbocycles. The Kier molecular flexibility index (Phi) is 9.98. The van der Waals surface area contributed by atoms with Crippen LogP contribution in [0.2, 0.25) is 0 Å². The van der Waals surface area contributed by atoms with E-state index >= 15 is 0 Å². The fourth-order valence-electron chi connectivity index (χ4n) is 6.49. The lowest BCUT2D eigenvalue weighted by Gasteiger charge is -2.04. The molecule has 7 rings (SSSR count). The molecule has 5 aromatic rings. The van der Waals surface area contributed by atoms with Crippen molar-refractivity contribution in [1.29, 1.82) is 0 Å². The van der Waals surface area contributed by atoms with Crippen molar-refractivity contribution in [3.63, 3.8) is 0 Å². The quantitative estimate of drug-likeness (QED) is 0.0638. The molecule has 0 radical (unpaired) electrons. The summed E-state index contributed by atoms with van der Waals surface area (Å²) in [7, 11) is 0. The van der Waals surface area contributed by atoms with E-state index in [9.17, 15) is 36.7 Å². The zero-order valence-corrected chi connectivity index (χ0v) is 31.8. The largest absolute Gasteiger partial charge is 0.372 e. The third-order valence-electron chi connectivity index (χ3n) is 9.26. The van der Waals surface area contributed by atoms with Crippen LogP contribution in [-0.2, 0) is 12.8 Å². The Morgan fingerprint density at radius 2 is 0.843 bits per heavy atom. The molecule has 0 fully saturated rings. The minimum absolute atomic E-state index is 0.178. The number of Topliss-reactive ketones (excluding diaryl/α,β-unsaturated/α-hetero) is 4. The number of fused-ring (bicyclic) bond motifs is 2. The molecule has 5 aromatic heterocycles. The van der Waals surface area contributed by atoms with Gasteiger partial charge in [-0.05, 0) is 73.2 Å². The van der Waals surface area contributed by atoms with E-state index in [1.165, 1.54) is 34.8 Å². The summed E-state index contributed by atoms with van der Waals surface area (Å²) in [5.74, 6) is -13.7. The molecule has 0 bridgehead atoms. The number of hydrogen-bond acceptors (Lipinski definition) is 9. The first-order chi connectivity index (χ1) is 24.4. The highest BCUT2D eigenvalue weighted by Crippen LogP contribution is 2.51. The number of unbranched alkanes of at least 4 members (excludes halogenated alkanes) is 6. The maximum atomic E-state index is 14.1. The lowest BCUT2D eigenvalue weighted by atomic mass is 10.1. The van der Waals surface area contributed by atoms with Crippen LogP contribution in [0.15, 0.2) is 36.4 Å². The maximum absolute atomic E-state index is 14.1. The van der Waals surface area contributed by atoms with Gasteiger partial charge in [-0.3, -0.25) is 19.2 Å². The van der Waals surface area contributed by atoms with Crippen molar-refractivity contribution in [2.75, 3.05) is 0 Å². The van der Waals surface area contributed by atoms with Crippen molar-refractivity contribution in [2.45, 2.75) is 89.9 Å². The van der Waals surface area contributed by atoms with Gasteiger partial charge in [-0.1, -0.05) is 52.4 Å². The van der Waals surface area contributed by atoms with Crippen LogP contribution >= 0.6 is 56.7 Å². The lowest BCUT2D eigenvalue weighted by Crippen LogP contribution is -2.30.